The fourth-order valence-corrected chi connectivity index (χ4v) is 2.41. The molecule has 0 aliphatic carbocycles. The minimum absolute atomic E-state index is 0.0136. The van der Waals surface area contributed by atoms with Gasteiger partial charge in [0.25, 0.3) is 0 Å². The van der Waals surface area contributed by atoms with E-state index >= 15 is 0 Å². The van der Waals surface area contributed by atoms with E-state index in [4.69, 9.17) is 5.26 Å². The minimum atomic E-state index is -0.484. The number of amides is 1. The third kappa shape index (κ3) is 3.52. The van der Waals surface area contributed by atoms with Crippen LogP contribution in [0.2, 0.25) is 0 Å². The van der Waals surface area contributed by atoms with Crippen LogP contribution in [0.5, 0.6) is 0 Å². The minimum Gasteiger partial charge on any atom is -0.342 e. The van der Waals surface area contributed by atoms with Gasteiger partial charge in [-0.15, -0.1) is 0 Å². The van der Waals surface area contributed by atoms with Gasteiger partial charge in [-0.25, -0.2) is 0 Å². The molecule has 0 saturated carbocycles. The van der Waals surface area contributed by atoms with Crippen LogP contribution in [0, 0.1) is 23.2 Å². The Morgan fingerprint density at radius 1 is 1.50 bits per heavy atom. The lowest BCUT2D eigenvalue weighted by atomic mass is 9.96. The van der Waals surface area contributed by atoms with Crippen molar-refractivity contribution >= 4 is 5.91 Å². The van der Waals surface area contributed by atoms with E-state index < -0.39 is 5.92 Å². The molecule has 1 rings (SSSR count). The zero-order valence-corrected chi connectivity index (χ0v) is 10.4. The van der Waals surface area contributed by atoms with Crippen LogP contribution in [-0.2, 0) is 4.79 Å². The highest BCUT2D eigenvalue weighted by Crippen LogP contribution is 2.22. The zero-order chi connectivity index (χ0) is 12.0. The normalized spacial score (nSPS) is 23.3. The Morgan fingerprint density at radius 2 is 2.25 bits per heavy atom. The van der Waals surface area contributed by atoms with E-state index in [0.717, 1.165) is 31.8 Å². The number of carbonyl (C=O) groups excluding carboxylic acids is 1. The molecule has 1 saturated heterocycles. The lowest BCUT2D eigenvalue weighted by Gasteiger charge is -2.21. The summed E-state index contributed by atoms with van der Waals surface area (Å²) in [5.74, 6) is 0.308. The lowest BCUT2D eigenvalue weighted by Crippen LogP contribution is -2.35. The Morgan fingerprint density at radius 3 is 2.88 bits per heavy atom. The van der Waals surface area contributed by atoms with Crippen molar-refractivity contribution in [2.24, 2.45) is 11.8 Å². The third-order valence-electron chi connectivity index (χ3n) is 3.42. The van der Waals surface area contributed by atoms with E-state index in [-0.39, 0.29) is 5.91 Å². The SMILES string of the molecule is CCCC1CCCN(C(=O)C(C)C#N)CC1. The van der Waals surface area contributed by atoms with Crippen LogP contribution < -0.4 is 0 Å². The summed E-state index contributed by atoms with van der Waals surface area (Å²) in [6.07, 6.45) is 5.94. The Kier molecular flexibility index (Phi) is 5.31. The number of hydrogen-bond acceptors (Lipinski definition) is 2. The summed E-state index contributed by atoms with van der Waals surface area (Å²) in [6, 6.07) is 2.03. The fourth-order valence-electron chi connectivity index (χ4n) is 2.41. The smallest absolute Gasteiger partial charge is 0.239 e. The summed E-state index contributed by atoms with van der Waals surface area (Å²) in [5.41, 5.74) is 0. The van der Waals surface area contributed by atoms with E-state index in [9.17, 15) is 4.79 Å². The van der Waals surface area contributed by atoms with Gasteiger partial charge in [-0.1, -0.05) is 19.8 Å². The standard InChI is InChI=1S/C13H22N2O/c1-3-5-12-6-4-8-15(9-7-12)13(16)11(2)10-14/h11-12H,3-9H2,1-2H3. The average molecular weight is 222 g/mol. The van der Waals surface area contributed by atoms with Gasteiger partial charge in [0.05, 0.1) is 6.07 Å². The van der Waals surface area contributed by atoms with Crippen molar-refractivity contribution in [3.05, 3.63) is 0 Å². The molecule has 90 valence electrons. The molecule has 0 aromatic carbocycles. The molecule has 0 bridgehead atoms. The number of hydrogen-bond donors (Lipinski definition) is 0. The first-order chi connectivity index (χ1) is 7.69. The van der Waals surface area contributed by atoms with Gasteiger partial charge in [-0.2, -0.15) is 5.26 Å². The average Bonchev–Trinajstić information content (AvgIpc) is 2.53. The maximum Gasteiger partial charge on any atom is 0.239 e. The third-order valence-corrected chi connectivity index (χ3v) is 3.42. The highest BCUT2D eigenvalue weighted by atomic mass is 16.2. The van der Waals surface area contributed by atoms with Crippen LogP contribution in [0.25, 0.3) is 0 Å². The van der Waals surface area contributed by atoms with Crippen LogP contribution in [0.4, 0.5) is 0 Å². The quantitative estimate of drug-likeness (QED) is 0.736. The van der Waals surface area contributed by atoms with Crippen LogP contribution in [-0.4, -0.2) is 23.9 Å². The molecule has 2 unspecified atom stereocenters. The first-order valence-electron chi connectivity index (χ1n) is 6.37. The van der Waals surface area contributed by atoms with Crippen LogP contribution in [0.1, 0.15) is 46.0 Å². The molecule has 3 nitrogen and oxygen atoms in total. The summed E-state index contributed by atoms with van der Waals surface area (Å²) in [6.45, 7) is 5.59. The van der Waals surface area contributed by atoms with Gasteiger partial charge in [-0.05, 0) is 32.1 Å². The molecule has 0 radical (unpaired) electrons. The summed E-state index contributed by atoms with van der Waals surface area (Å²) in [7, 11) is 0. The van der Waals surface area contributed by atoms with Gasteiger partial charge >= 0.3 is 0 Å². The topological polar surface area (TPSA) is 44.1 Å². The molecule has 2 atom stereocenters. The van der Waals surface area contributed by atoms with Crippen LogP contribution in [0.3, 0.4) is 0 Å². The summed E-state index contributed by atoms with van der Waals surface area (Å²) in [4.78, 5) is 13.7. The largest absolute Gasteiger partial charge is 0.342 e. The molecule has 1 heterocycles. The van der Waals surface area contributed by atoms with Gasteiger partial charge in [0.2, 0.25) is 5.91 Å². The molecular formula is C13H22N2O. The van der Waals surface area contributed by atoms with Gasteiger partial charge in [0, 0.05) is 13.1 Å². The van der Waals surface area contributed by atoms with Crippen molar-refractivity contribution in [3.8, 4) is 6.07 Å². The summed E-state index contributed by atoms with van der Waals surface area (Å²) >= 11 is 0. The Balaban J connectivity index is 2.47. The first kappa shape index (κ1) is 13.0. The van der Waals surface area contributed by atoms with Crippen molar-refractivity contribution in [1.82, 2.24) is 4.90 Å². The molecule has 0 aromatic heterocycles. The fraction of sp³-hybridized carbons (Fsp3) is 0.846. The molecule has 16 heavy (non-hydrogen) atoms. The number of nitrogens with zero attached hydrogens (tertiary/aromatic N) is 2. The summed E-state index contributed by atoms with van der Waals surface area (Å²) in [5, 5.41) is 8.74. The molecule has 0 aromatic rings. The molecule has 1 amide bonds. The first-order valence-corrected chi connectivity index (χ1v) is 6.37. The van der Waals surface area contributed by atoms with Gasteiger partial charge in [0.1, 0.15) is 5.92 Å². The van der Waals surface area contributed by atoms with Crippen molar-refractivity contribution in [1.29, 1.82) is 5.26 Å². The van der Waals surface area contributed by atoms with Crippen LogP contribution in [0.15, 0.2) is 0 Å². The second kappa shape index (κ2) is 6.52. The summed E-state index contributed by atoms with van der Waals surface area (Å²) < 4.78 is 0. The molecule has 1 aliphatic heterocycles. The van der Waals surface area contributed by atoms with E-state index in [0.29, 0.717) is 0 Å². The molecule has 0 spiro atoms. The Labute approximate surface area is 98.4 Å². The van der Waals surface area contributed by atoms with E-state index in [1.165, 1.54) is 19.3 Å². The molecule has 1 fully saturated rings. The molecule has 3 heteroatoms. The van der Waals surface area contributed by atoms with Crippen molar-refractivity contribution in [2.75, 3.05) is 13.1 Å². The van der Waals surface area contributed by atoms with Crippen LogP contribution >= 0.6 is 0 Å². The highest BCUT2D eigenvalue weighted by Gasteiger charge is 2.23. The van der Waals surface area contributed by atoms with E-state index in [1.54, 1.807) is 6.92 Å². The van der Waals surface area contributed by atoms with Gasteiger partial charge in [0.15, 0.2) is 0 Å². The monoisotopic (exact) mass is 222 g/mol. The predicted octanol–water partition coefficient (Wildman–Crippen LogP) is 2.57. The van der Waals surface area contributed by atoms with Gasteiger partial charge in [-0.3, -0.25) is 4.79 Å². The van der Waals surface area contributed by atoms with Crippen molar-refractivity contribution in [3.63, 3.8) is 0 Å². The molecular weight excluding hydrogens is 200 g/mol. The van der Waals surface area contributed by atoms with Crippen molar-refractivity contribution < 1.29 is 4.79 Å². The number of nitriles is 1. The van der Waals surface area contributed by atoms with Crippen molar-refractivity contribution in [2.45, 2.75) is 46.0 Å². The molecule has 1 aliphatic rings. The number of likely N-dealkylation sites (tertiary alicyclic amines) is 1. The second-order valence-electron chi connectivity index (χ2n) is 4.76. The molecule has 0 N–H and O–H groups in total. The Hall–Kier alpha value is -1.04. The number of carbonyl (C=O) groups is 1. The Bertz CT molecular complexity index is 270. The predicted molar refractivity (Wildman–Crippen MR) is 63.6 cm³/mol. The van der Waals surface area contributed by atoms with E-state index in [1.807, 2.05) is 11.0 Å². The van der Waals surface area contributed by atoms with E-state index in [2.05, 4.69) is 6.92 Å². The second-order valence-corrected chi connectivity index (χ2v) is 4.76. The highest BCUT2D eigenvalue weighted by molar-refractivity contribution is 5.80. The van der Waals surface area contributed by atoms with Gasteiger partial charge < -0.3 is 4.90 Å². The maximum atomic E-state index is 11.8. The maximum absolute atomic E-state index is 11.8. The number of rotatable bonds is 3. The lowest BCUT2D eigenvalue weighted by molar-refractivity contribution is -0.133. The zero-order valence-electron chi connectivity index (χ0n) is 10.4.